The van der Waals surface area contributed by atoms with Crippen molar-refractivity contribution in [1.82, 2.24) is 5.16 Å². The standard InChI is InChI=1S/C37H48N2O3Si/c1-25(23-38)18-27-20-29(21-27)36-34(28-14-15-28)35(39-42-36)33-22-26(19-30(33)24-40)16-17-37(2,3)43(41,31-10-6-4-7-11-31)32-12-8-5-9-13-32/h4-13,23-30,33,38,41H,14-22H2,1-3H3/t25?,26?,27?,29?,30-,33+/m1/s1. The third-order valence-corrected chi connectivity index (χ3v) is 15.7. The van der Waals surface area contributed by atoms with Crippen LogP contribution in [0.1, 0.15) is 113 Å². The first-order valence-electron chi connectivity index (χ1n) is 16.5. The molecule has 3 aliphatic rings. The van der Waals surface area contributed by atoms with Gasteiger partial charge in [0, 0.05) is 23.3 Å². The summed E-state index contributed by atoms with van der Waals surface area (Å²) in [5.74, 6) is 3.62. The van der Waals surface area contributed by atoms with Gasteiger partial charge >= 0.3 is 0 Å². The molecule has 0 amide bonds. The Balaban J connectivity index is 1.18. The van der Waals surface area contributed by atoms with Crippen LogP contribution in [-0.2, 0) is 4.79 Å². The molecule has 1 aromatic heterocycles. The van der Waals surface area contributed by atoms with Gasteiger partial charge in [-0.25, -0.2) is 0 Å². The minimum atomic E-state index is -3.06. The molecular formula is C37H48N2O3Si. The number of rotatable bonds is 13. The Hall–Kier alpha value is -2.83. The monoisotopic (exact) mass is 596 g/mol. The maximum Gasteiger partial charge on any atom is 0.258 e. The predicted molar refractivity (Wildman–Crippen MR) is 175 cm³/mol. The van der Waals surface area contributed by atoms with E-state index in [4.69, 9.17) is 15.1 Å². The summed E-state index contributed by atoms with van der Waals surface area (Å²) in [7, 11) is -3.06. The van der Waals surface area contributed by atoms with Gasteiger partial charge < -0.3 is 19.5 Å². The third-order valence-electron chi connectivity index (χ3n) is 11.1. The predicted octanol–water partition coefficient (Wildman–Crippen LogP) is 7.34. The zero-order valence-corrected chi connectivity index (χ0v) is 27.0. The second kappa shape index (κ2) is 12.3. The molecule has 43 heavy (non-hydrogen) atoms. The van der Waals surface area contributed by atoms with E-state index in [0.717, 1.165) is 66.8 Å². The van der Waals surface area contributed by atoms with Gasteiger partial charge in [0.25, 0.3) is 8.32 Å². The Morgan fingerprint density at radius 2 is 1.60 bits per heavy atom. The lowest BCUT2D eigenvalue weighted by atomic mass is 9.69. The second-order valence-corrected chi connectivity index (χ2v) is 18.6. The normalized spacial score (nSPS) is 26.6. The van der Waals surface area contributed by atoms with Crippen LogP contribution in [0.3, 0.4) is 0 Å². The van der Waals surface area contributed by atoms with Crippen molar-refractivity contribution in [2.45, 2.75) is 101 Å². The summed E-state index contributed by atoms with van der Waals surface area (Å²) < 4.78 is 6.14. The molecule has 3 fully saturated rings. The number of hydrogen-bond acceptors (Lipinski definition) is 5. The lowest BCUT2D eigenvalue weighted by Gasteiger charge is -2.42. The zero-order chi connectivity index (χ0) is 30.2. The highest BCUT2D eigenvalue weighted by molar-refractivity contribution is 6.98. The van der Waals surface area contributed by atoms with Crippen molar-refractivity contribution in [2.75, 3.05) is 0 Å². The van der Waals surface area contributed by atoms with Gasteiger partial charge in [-0.2, -0.15) is 0 Å². The average molecular weight is 597 g/mol. The first-order chi connectivity index (χ1) is 20.7. The lowest BCUT2D eigenvalue weighted by Crippen LogP contribution is -2.65. The van der Waals surface area contributed by atoms with Crippen LogP contribution in [-0.4, -0.2) is 30.8 Å². The summed E-state index contributed by atoms with van der Waals surface area (Å²) in [4.78, 5) is 25.0. The molecule has 6 rings (SSSR count). The van der Waals surface area contributed by atoms with Crippen molar-refractivity contribution in [3.8, 4) is 0 Å². The molecule has 3 aliphatic carbocycles. The Kier molecular flexibility index (Phi) is 8.62. The van der Waals surface area contributed by atoms with Crippen LogP contribution in [0.25, 0.3) is 0 Å². The Labute approximate surface area is 258 Å². The molecule has 0 bridgehead atoms. The van der Waals surface area contributed by atoms with E-state index >= 15 is 0 Å². The first kappa shape index (κ1) is 30.2. The van der Waals surface area contributed by atoms with Gasteiger partial charge in [-0.05, 0) is 96.7 Å². The van der Waals surface area contributed by atoms with E-state index < -0.39 is 8.32 Å². The summed E-state index contributed by atoms with van der Waals surface area (Å²) in [6.45, 7) is 6.62. The lowest BCUT2D eigenvalue weighted by molar-refractivity contribution is -0.111. The first-order valence-corrected chi connectivity index (χ1v) is 18.5. The van der Waals surface area contributed by atoms with E-state index in [0.29, 0.717) is 29.6 Å². The fraction of sp³-hybridized carbons (Fsp3) is 0.541. The highest BCUT2D eigenvalue weighted by atomic mass is 28.4. The smallest absolute Gasteiger partial charge is 0.258 e. The maximum absolute atomic E-state index is 12.6. The summed E-state index contributed by atoms with van der Waals surface area (Å²) in [6.07, 6.45) is 12.2. The highest BCUT2D eigenvalue weighted by Crippen LogP contribution is 2.55. The van der Waals surface area contributed by atoms with Crippen LogP contribution >= 0.6 is 0 Å². The highest BCUT2D eigenvalue weighted by Gasteiger charge is 2.51. The number of benzene rings is 2. The molecule has 3 saturated carbocycles. The Morgan fingerprint density at radius 1 is 0.977 bits per heavy atom. The summed E-state index contributed by atoms with van der Waals surface area (Å²) in [5, 5.41) is 14.1. The molecule has 4 atom stereocenters. The number of carbonyl (C=O) groups excluding carboxylic acids is 1. The summed E-state index contributed by atoms with van der Waals surface area (Å²) >= 11 is 0. The van der Waals surface area contributed by atoms with E-state index in [1.165, 1.54) is 24.7 Å². The summed E-state index contributed by atoms with van der Waals surface area (Å²) in [5.41, 5.74) is 2.42. The van der Waals surface area contributed by atoms with Crippen LogP contribution in [0.4, 0.5) is 0 Å². The molecule has 3 aromatic rings. The maximum atomic E-state index is 12.6. The van der Waals surface area contributed by atoms with E-state index in [-0.39, 0.29) is 16.9 Å². The van der Waals surface area contributed by atoms with Crippen molar-refractivity contribution in [1.29, 1.82) is 5.41 Å². The van der Waals surface area contributed by atoms with Crippen LogP contribution in [0, 0.1) is 29.1 Å². The molecule has 5 nitrogen and oxygen atoms in total. The van der Waals surface area contributed by atoms with Crippen LogP contribution in [0.2, 0.25) is 5.04 Å². The number of hydrogen-bond donors (Lipinski definition) is 2. The van der Waals surface area contributed by atoms with E-state index in [2.05, 4.69) is 45.0 Å². The Bertz CT molecular complexity index is 1350. The molecule has 6 heteroatoms. The van der Waals surface area contributed by atoms with Crippen LogP contribution in [0.15, 0.2) is 65.2 Å². The molecule has 228 valence electrons. The van der Waals surface area contributed by atoms with Crippen LogP contribution < -0.4 is 10.4 Å². The van der Waals surface area contributed by atoms with E-state index in [1.807, 2.05) is 36.4 Å². The zero-order valence-electron chi connectivity index (χ0n) is 26.0. The van der Waals surface area contributed by atoms with Crippen molar-refractivity contribution in [2.24, 2.45) is 23.7 Å². The van der Waals surface area contributed by atoms with Gasteiger partial charge in [-0.15, -0.1) is 0 Å². The fourth-order valence-electron chi connectivity index (χ4n) is 8.34. The van der Waals surface area contributed by atoms with Gasteiger partial charge in [-0.3, -0.25) is 0 Å². The van der Waals surface area contributed by atoms with Gasteiger partial charge in [0.1, 0.15) is 12.0 Å². The molecular weight excluding hydrogens is 549 g/mol. The molecule has 0 saturated heterocycles. The summed E-state index contributed by atoms with van der Waals surface area (Å²) in [6, 6.07) is 20.5. The SMILES string of the molecule is CC(C=N)CC1CC(c2onc([C@H]3CC(CCC(C)(C)[Si](O)(c4ccccc4)c4ccccc4)C[C@@H]3C=O)c2C2CC2)C1. The molecule has 1 heterocycles. The van der Waals surface area contributed by atoms with Gasteiger partial charge in [0.15, 0.2) is 0 Å². The molecule has 0 radical (unpaired) electrons. The minimum Gasteiger partial charge on any atom is -0.424 e. The molecule has 2 aromatic carbocycles. The second-order valence-electron chi connectivity index (χ2n) is 14.6. The number of aldehydes is 1. The number of aromatic nitrogens is 1. The number of carbonyl (C=O) groups is 1. The largest absolute Gasteiger partial charge is 0.424 e. The number of nitrogens with zero attached hydrogens (tertiary/aromatic N) is 1. The molecule has 2 unspecified atom stereocenters. The quantitative estimate of drug-likeness (QED) is 0.123. The number of nitrogens with one attached hydrogen (secondary N) is 1. The van der Waals surface area contributed by atoms with Gasteiger partial charge in [0.05, 0.1) is 5.69 Å². The molecule has 0 aliphatic heterocycles. The van der Waals surface area contributed by atoms with Crippen molar-refractivity contribution >= 4 is 31.2 Å². The van der Waals surface area contributed by atoms with E-state index in [1.54, 1.807) is 6.21 Å². The van der Waals surface area contributed by atoms with Crippen molar-refractivity contribution in [3.63, 3.8) is 0 Å². The third kappa shape index (κ3) is 5.85. The van der Waals surface area contributed by atoms with Gasteiger partial charge in [-0.1, -0.05) is 93.0 Å². The topological polar surface area (TPSA) is 87.2 Å². The van der Waals surface area contributed by atoms with Crippen LogP contribution in [0.5, 0.6) is 0 Å². The van der Waals surface area contributed by atoms with Gasteiger partial charge in [0.2, 0.25) is 0 Å². The molecule has 0 spiro atoms. The average Bonchev–Trinajstić information content (AvgIpc) is 3.62. The fourth-order valence-corrected chi connectivity index (χ4v) is 12.1. The minimum absolute atomic E-state index is 0.0227. The molecule has 2 N–H and O–H groups in total. The van der Waals surface area contributed by atoms with Crippen molar-refractivity contribution < 1.29 is 14.1 Å². The Morgan fingerprint density at radius 3 is 2.16 bits per heavy atom. The van der Waals surface area contributed by atoms with Crippen molar-refractivity contribution in [3.05, 3.63) is 77.7 Å². The van der Waals surface area contributed by atoms with E-state index in [9.17, 15) is 9.59 Å².